The molecule has 0 radical (unpaired) electrons. The SMILES string of the molecule is C[C@H]1/C(=C/C(=O)N(C)CCO)CC[C@H]2[C@@]3(C)CC[C@H](O)C(C)(C)[C@@H]3C(=O)[C@@H](O)[C@]12C. The second-order valence-electron chi connectivity index (χ2n) is 11.0. The zero-order valence-corrected chi connectivity index (χ0v) is 19.3. The van der Waals surface area contributed by atoms with Crippen LogP contribution in [0.5, 0.6) is 0 Å². The fourth-order valence-electron chi connectivity index (χ4n) is 7.27. The molecule has 3 saturated carbocycles. The average molecular weight is 422 g/mol. The molecule has 0 saturated heterocycles. The average Bonchev–Trinajstić information content (AvgIpc) is 2.67. The first-order valence-electron chi connectivity index (χ1n) is 11.3. The summed E-state index contributed by atoms with van der Waals surface area (Å²) in [7, 11) is 1.66. The third kappa shape index (κ3) is 3.18. The molecule has 0 heterocycles. The van der Waals surface area contributed by atoms with Gasteiger partial charge in [-0.05, 0) is 42.9 Å². The van der Waals surface area contributed by atoms with Gasteiger partial charge in [-0.1, -0.05) is 40.2 Å². The van der Waals surface area contributed by atoms with Crippen molar-refractivity contribution in [2.24, 2.45) is 34.0 Å². The summed E-state index contributed by atoms with van der Waals surface area (Å²) < 4.78 is 0. The van der Waals surface area contributed by atoms with Gasteiger partial charge >= 0.3 is 0 Å². The number of hydrogen-bond donors (Lipinski definition) is 3. The summed E-state index contributed by atoms with van der Waals surface area (Å²) in [5.74, 6) is -0.675. The smallest absolute Gasteiger partial charge is 0.246 e. The Labute approximate surface area is 180 Å². The lowest BCUT2D eigenvalue weighted by Gasteiger charge is -2.66. The lowest BCUT2D eigenvalue weighted by molar-refractivity contribution is -0.215. The zero-order chi connectivity index (χ0) is 22.6. The van der Waals surface area contributed by atoms with E-state index in [1.807, 2.05) is 27.7 Å². The molecule has 0 spiro atoms. The van der Waals surface area contributed by atoms with Gasteiger partial charge in [-0.3, -0.25) is 9.59 Å². The summed E-state index contributed by atoms with van der Waals surface area (Å²) in [5.41, 5.74) is -0.548. The van der Waals surface area contributed by atoms with Crippen LogP contribution in [0.4, 0.5) is 0 Å². The summed E-state index contributed by atoms with van der Waals surface area (Å²) >= 11 is 0. The highest BCUT2D eigenvalue weighted by molar-refractivity contribution is 5.90. The van der Waals surface area contributed by atoms with E-state index >= 15 is 0 Å². The van der Waals surface area contributed by atoms with Gasteiger partial charge < -0.3 is 20.2 Å². The van der Waals surface area contributed by atoms with Crippen LogP contribution in [-0.4, -0.2) is 64.3 Å². The van der Waals surface area contributed by atoms with Crippen molar-refractivity contribution in [3.63, 3.8) is 0 Å². The van der Waals surface area contributed by atoms with Crippen LogP contribution in [0.15, 0.2) is 11.6 Å². The van der Waals surface area contributed by atoms with Gasteiger partial charge in [0.05, 0.1) is 12.7 Å². The summed E-state index contributed by atoms with van der Waals surface area (Å²) in [6.07, 6.45) is 2.98. The van der Waals surface area contributed by atoms with Crippen LogP contribution in [0.1, 0.15) is 60.3 Å². The Morgan fingerprint density at radius 2 is 1.83 bits per heavy atom. The highest BCUT2D eigenvalue weighted by Crippen LogP contribution is 2.67. The molecule has 3 rings (SSSR count). The van der Waals surface area contributed by atoms with E-state index in [4.69, 9.17) is 5.11 Å². The van der Waals surface area contributed by atoms with Crippen molar-refractivity contribution in [3.8, 4) is 0 Å². The summed E-state index contributed by atoms with van der Waals surface area (Å²) in [6, 6.07) is 0. The number of amides is 1. The first-order chi connectivity index (χ1) is 13.8. The topological polar surface area (TPSA) is 98.1 Å². The molecule has 6 heteroatoms. The predicted molar refractivity (Wildman–Crippen MR) is 114 cm³/mol. The van der Waals surface area contributed by atoms with Gasteiger partial charge in [0, 0.05) is 36.4 Å². The molecule has 3 aliphatic carbocycles. The second kappa shape index (κ2) is 7.72. The maximum absolute atomic E-state index is 13.6. The number of likely N-dealkylation sites (N-methyl/N-ethyl adjacent to an activating group) is 1. The predicted octanol–water partition coefficient (Wildman–Crippen LogP) is 2.16. The molecule has 3 fully saturated rings. The minimum absolute atomic E-state index is 0.0879. The van der Waals surface area contributed by atoms with Crippen molar-refractivity contribution in [1.29, 1.82) is 0 Å². The summed E-state index contributed by atoms with van der Waals surface area (Å²) in [4.78, 5) is 27.6. The fraction of sp³-hybridized carbons (Fsp3) is 0.833. The first kappa shape index (κ1) is 23.4. The van der Waals surface area contributed by atoms with E-state index in [1.165, 1.54) is 4.90 Å². The number of aliphatic hydroxyl groups is 3. The van der Waals surface area contributed by atoms with E-state index in [0.29, 0.717) is 6.42 Å². The van der Waals surface area contributed by atoms with Crippen LogP contribution in [0.2, 0.25) is 0 Å². The number of carbonyl (C=O) groups is 2. The Bertz CT molecular complexity index is 746. The molecule has 3 aliphatic rings. The van der Waals surface area contributed by atoms with E-state index < -0.39 is 23.0 Å². The van der Waals surface area contributed by atoms with Gasteiger partial charge in [0.25, 0.3) is 0 Å². The molecule has 0 unspecified atom stereocenters. The zero-order valence-electron chi connectivity index (χ0n) is 19.3. The molecule has 0 bridgehead atoms. The minimum atomic E-state index is -1.12. The van der Waals surface area contributed by atoms with E-state index in [9.17, 15) is 19.8 Å². The molecule has 0 aromatic heterocycles. The van der Waals surface area contributed by atoms with E-state index in [1.54, 1.807) is 13.1 Å². The summed E-state index contributed by atoms with van der Waals surface area (Å²) in [6.45, 7) is 10.3. The standard InChI is InChI=1S/C24H39NO5/c1-14-15(13-18(28)25(6)11-12-26)7-8-16-23(4)10-9-17(27)22(2,3)20(23)19(29)21(30)24(14,16)5/h13-14,16-17,20-21,26-27,30H,7-12H2,1-6H3/b15-13+/t14-,16-,17-,20-,21+,23+,24+/m0/s1. The van der Waals surface area contributed by atoms with Crippen LogP contribution in [0.3, 0.4) is 0 Å². The molecule has 3 N–H and O–H groups in total. The molecule has 170 valence electrons. The van der Waals surface area contributed by atoms with E-state index in [-0.39, 0.29) is 48.0 Å². The van der Waals surface area contributed by atoms with Crippen molar-refractivity contribution in [2.45, 2.75) is 72.5 Å². The molecule has 6 nitrogen and oxygen atoms in total. The number of hydrogen-bond acceptors (Lipinski definition) is 5. The Kier molecular flexibility index (Phi) is 6.02. The van der Waals surface area contributed by atoms with Crippen LogP contribution < -0.4 is 0 Å². The van der Waals surface area contributed by atoms with Gasteiger partial charge in [0.1, 0.15) is 6.10 Å². The normalized spacial score (nSPS) is 44.4. The molecule has 1 amide bonds. The van der Waals surface area contributed by atoms with Crippen LogP contribution in [0, 0.1) is 34.0 Å². The second-order valence-corrected chi connectivity index (χ2v) is 11.0. The number of rotatable bonds is 3. The van der Waals surface area contributed by atoms with E-state index in [2.05, 4.69) is 6.92 Å². The maximum atomic E-state index is 13.6. The molecule has 0 aliphatic heterocycles. The number of fused-ring (bicyclic) bond motifs is 3. The first-order valence-corrected chi connectivity index (χ1v) is 11.3. The third-order valence-electron chi connectivity index (χ3n) is 9.24. The number of Topliss-reactive ketones (excluding diaryl/α,β-unsaturated/α-hetero) is 1. The van der Waals surface area contributed by atoms with Gasteiger partial charge in [0.15, 0.2) is 5.78 Å². The number of ketones is 1. The van der Waals surface area contributed by atoms with Gasteiger partial charge in [-0.15, -0.1) is 0 Å². The molecule has 0 aromatic rings. The molecule has 0 aromatic carbocycles. The lowest BCUT2D eigenvalue weighted by atomic mass is 9.38. The van der Waals surface area contributed by atoms with Crippen LogP contribution in [-0.2, 0) is 9.59 Å². The number of allylic oxidation sites excluding steroid dienone is 1. The van der Waals surface area contributed by atoms with Gasteiger partial charge in [0.2, 0.25) is 5.91 Å². The monoisotopic (exact) mass is 421 g/mol. The Morgan fingerprint density at radius 3 is 2.43 bits per heavy atom. The molecule has 7 atom stereocenters. The lowest BCUT2D eigenvalue weighted by Crippen LogP contribution is -2.69. The minimum Gasteiger partial charge on any atom is -0.395 e. The molecular formula is C24H39NO5. The molecular weight excluding hydrogens is 382 g/mol. The van der Waals surface area contributed by atoms with Gasteiger partial charge in [-0.25, -0.2) is 0 Å². The quantitative estimate of drug-likeness (QED) is 0.607. The van der Waals surface area contributed by atoms with Crippen LogP contribution in [0.25, 0.3) is 0 Å². The number of nitrogens with zero attached hydrogens (tertiary/aromatic N) is 1. The Balaban J connectivity index is 2.01. The van der Waals surface area contributed by atoms with Crippen molar-refractivity contribution in [3.05, 3.63) is 11.6 Å². The van der Waals surface area contributed by atoms with Crippen molar-refractivity contribution in [1.82, 2.24) is 4.90 Å². The highest BCUT2D eigenvalue weighted by atomic mass is 16.3. The van der Waals surface area contributed by atoms with Crippen molar-refractivity contribution >= 4 is 11.7 Å². The number of carbonyl (C=O) groups excluding carboxylic acids is 2. The molecule has 30 heavy (non-hydrogen) atoms. The van der Waals surface area contributed by atoms with Gasteiger partial charge in [-0.2, -0.15) is 0 Å². The maximum Gasteiger partial charge on any atom is 0.246 e. The largest absolute Gasteiger partial charge is 0.395 e. The van der Waals surface area contributed by atoms with Crippen molar-refractivity contribution in [2.75, 3.05) is 20.2 Å². The van der Waals surface area contributed by atoms with Crippen molar-refractivity contribution < 1.29 is 24.9 Å². The van der Waals surface area contributed by atoms with Crippen LogP contribution >= 0.6 is 0 Å². The Hall–Kier alpha value is -1.24. The Morgan fingerprint density at radius 1 is 1.20 bits per heavy atom. The highest BCUT2D eigenvalue weighted by Gasteiger charge is 2.68. The third-order valence-corrected chi connectivity index (χ3v) is 9.24. The summed E-state index contributed by atoms with van der Waals surface area (Å²) in [5, 5.41) is 31.1. The fourth-order valence-corrected chi connectivity index (χ4v) is 7.27. The van der Waals surface area contributed by atoms with E-state index in [0.717, 1.165) is 24.8 Å². The number of aliphatic hydroxyl groups excluding tert-OH is 3.